The van der Waals surface area contributed by atoms with Gasteiger partial charge in [-0.3, -0.25) is 4.18 Å². The van der Waals surface area contributed by atoms with Gasteiger partial charge in [-0.1, -0.05) is 25.1 Å². The van der Waals surface area contributed by atoms with Crippen LogP contribution in [0.1, 0.15) is 33.3 Å². The van der Waals surface area contributed by atoms with Crippen molar-refractivity contribution < 1.29 is 12.6 Å². The van der Waals surface area contributed by atoms with Crippen LogP contribution in [0.15, 0.2) is 29.2 Å². The van der Waals surface area contributed by atoms with Crippen LogP contribution in [0.5, 0.6) is 0 Å². The van der Waals surface area contributed by atoms with E-state index in [1.165, 1.54) is 0 Å². The molecule has 90 valence electrons. The molecule has 0 spiro atoms. The predicted octanol–water partition coefficient (Wildman–Crippen LogP) is 2.75. The normalized spacial score (nSPS) is 12.8. The van der Waals surface area contributed by atoms with Crippen molar-refractivity contribution in [3.63, 3.8) is 0 Å². The Bertz CT molecular complexity index is 455. The molecule has 0 unspecified atom stereocenters. The Morgan fingerprint density at radius 2 is 1.75 bits per heavy atom. The van der Waals surface area contributed by atoms with E-state index in [1.807, 2.05) is 13.0 Å². The van der Waals surface area contributed by atoms with Gasteiger partial charge in [-0.2, -0.15) is 8.42 Å². The molecule has 1 aromatic carbocycles. The Hall–Kier alpha value is -0.870. The molecule has 1 rings (SSSR count). The number of aryl methyl sites for hydroxylation is 1. The minimum atomic E-state index is -3.66. The maximum Gasteiger partial charge on any atom is 0.297 e. The van der Waals surface area contributed by atoms with Crippen molar-refractivity contribution in [1.82, 2.24) is 0 Å². The van der Waals surface area contributed by atoms with Gasteiger partial charge in [0.15, 0.2) is 0 Å². The van der Waals surface area contributed by atoms with Crippen molar-refractivity contribution >= 4 is 10.1 Å². The molecule has 1 aromatic rings. The Morgan fingerprint density at radius 1 is 1.19 bits per heavy atom. The molecule has 0 aromatic heterocycles. The minimum Gasteiger partial charge on any atom is -0.261 e. The van der Waals surface area contributed by atoms with E-state index in [9.17, 15) is 8.42 Å². The molecule has 0 saturated carbocycles. The lowest BCUT2D eigenvalue weighted by Gasteiger charge is -2.19. The van der Waals surface area contributed by atoms with E-state index in [0.29, 0.717) is 6.42 Å². The molecule has 4 heteroatoms. The molecule has 0 aliphatic heterocycles. The standard InChI is InChI=1S/C12H18O3S/c1-5-10-8-6-7-9-11(10)16(13,14)15-12(2,3)4/h6-9H,5H2,1-4H3. The molecule has 0 amide bonds. The van der Waals surface area contributed by atoms with Crippen molar-refractivity contribution in [1.29, 1.82) is 0 Å². The third kappa shape index (κ3) is 3.32. The molecule has 16 heavy (non-hydrogen) atoms. The summed E-state index contributed by atoms with van der Waals surface area (Å²) in [5, 5.41) is 0. The monoisotopic (exact) mass is 242 g/mol. The van der Waals surface area contributed by atoms with Gasteiger partial charge in [0.25, 0.3) is 10.1 Å². The number of benzene rings is 1. The molecule has 0 aliphatic rings. The van der Waals surface area contributed by atoms with Gasteiger partial charge in [0.05, 0.1) is 10.5 Å². The van der Waals surface area contributed by atoms with E-state index in [-0.39, 0.29) is 4.90 Å². The van der Waals surface area contributed by atoms with Gasteiger partial charge in [0, 0.05) is 0 Å². The SMILES string of the molecule is CCc1ccccc1S(=O)(=O)OC(C)(C)C. The summed E-state index contributed by atoms with van der Waals surface area (Å²) in [6.07, 6.45) is 0.670. The van der Waals surface area contributed by atoms with Crippen LogP contribution in [0.25, 0.3) is 0 Å². The summed E-state index contributed by atoms with van der Waals surface area (Å²) >= 11 is 0. The lowest BCUT2D eigenvalue weighted by Crippen LogP contribution is -2.24. The summed E-state index contributed by atoms with van der Waals surface area (Å²) in [6, 6.07) is 6.92. The van der Waals surface area contributed by atoms with Gasteiger partial charge in [-0.15, -0.1) is 0 Å². The average molecular weight is 242 g/mol. The number of hydrogen-bond acceptors (Lipinski definition) is 3. The third-order valence-electron chi connectivity index (χ3n) is 1.98. The first-order valence-corrected chi connectivity index (χ1v) is 6.70. The van der Waals surface area contributed by atoms with Gasteiger partial charge < -0.3 is 0 Å². The van der Waals surface area contributed by atoms with Crippen molar-refractivity contribution in [2.24, 2.45) is 0 Å². The summed E-state index contributed by atoms with van der Waals surface area (Å²) in [4.78, 5) is 0.271. The largest absolute Gasteiger partial charge is 0.297 e. The quantitative estimate of drug-likeness (QED) is 0.765. The zero-order valence-electron chi connectivity index (χ0n) is 10.1. The average Bonchev–Trinajstić information content (AvgIpc) is 2.14. The summed E-state index contributed by atoms with van der Waals surface area (Å²) in [7, 11) is -3.66. The highest BCUT2D eigenvalue weighted by molar-refractivity contribution is 7.86. The Balaban J connectivity index is 3.17. The number of rotatable bonds is 3. The van der Waals surface area contributed by atoms with E-state index in [0.717, 1.165) is 5.56 Å². The van der Waals surface area contributed by atoms with Crippen LogP contribution in [-0.2, 0) is 20.7 Å². The summed E-state index contributed by atoms with van der Waals surface area (Å²) in [6.45, 7) is 7.09. The molecule has 0 aliphatic carbocycles. The summed E-state index contributed by atoms with van der Waals surface area (Å²) < 4.78 is 29.1. The molecule has 0 N–H and O–H groups in total. The van der Waals surface area contributed by atoms with E-state index in [1.54, 1.807) is 39.0 Å². The fraction of sp³-hybridized carbons (Fsp3) is 0.500. The topological polar surface area (TPSA) is 43.4 Å². The molecule has 0 atom stereocenters. The maximum atomic E-state index is 12.0. The smallest absolute Gasteiger partial charge is 0.261 e. The second-order valence-electron chi connectivity index (χ2n) is 4.61. The zero-order valence-corrected chi connectivity index (χ0v) is 11.0. The minimum absolute atomic E-state index is 0.271. The Labute approximate surface area is 97.6 Å². The summed E-state index contributed by atoms with van der Waals surface area (Å²) in [5.41, 5.74) is 0.0754. The Morgan fingerprint density at radius 3 is 2.25 bits per heavy atom. The van der Waals surface area contributed by atoms with E-state index < -0.39 is 15.7 Å². The van der Waals surface area contributed by atoms with Crippen molar-refractivity contribution in [2.75, 3.05) is 0 Å². The zero-order chi connectivity index (χ0) is 12.4. The highest BCUT2D eigenvalue weighted by atomic mass is 32.2. The second kappa shape index (κ2) is 4.55. The molecular weight excluding hydrogens is 224 g/mol. The van der Waals surface area contributed by atoms with Crippen molar-refractivity contribution in [3.05, 3.63) is 29.8 Å². The summed E-state index contributed by atoms with van der Waals surface area (Å²) in [5.74, 6) is 0. The molecule has 0 bridgehead atoms. The van der Waals surface area contributed by atoms with Gasteiger partial charge in [-0.05, 0) is 38.8 Å². The van der Waals surface area contributed by atoms with E-state index in [4.69, 9.17) is 4.18 Å². The lowest BCUT2D eigenvalue weighted by atomic mass is 10.2. The van der Waals surface area contributed by atoms with Crippen molar-refractivity contribution in [2.45, 2.75) is 44.6 Å². The highest BCUT2D eigenvalue weighted by Crippen LogP contribution is 2.22. The first kappa shape index (κ1) is 13.2. The maximum absolute atomic E-state index is 12.0. The number of hydrogen-bond donors (Lipinski definition) is 0. The molecule has 3 nitrogen and oxygen atoms in total. The molecule has 0 radical (unpaired) electrons. The van der Waals surface area contributed by atoms with E-state index >= 15 is 0 Å². The van der Waals surface area contributed by atoms with Gasteiger partial charge >= 0.3 is 0 Å². The Kier molecular flexibility index (Phi) is 3.76. The second-order valence-corrected chi connectivity index (χ2v) is 6.13. The van der Waals surface area contributed by atoms with Crippen LogP contribution in [0.4, 0.5) is 0 Å². The molecule has 0 saturated heterocycles. The first-order chi connectivity index (χ1) is 7.26. The third-order valence-corrected chi connectivity index (χ3v) is 3.64. The van der Waals surface area contributed by atoms with Crippen LogP contribution >= 0.6 is 0 Å². The van der Waals surface area contributed by atoms with Crippen LogP contribution in [0.3, 0.4) is 0 Å². The molecule has 0 heterocycles. The fourth-order valence-electron chi connectivity index (χ4n) is 1.41. The lowest BCUT2D eigenvalue weighted by molar-refractivity contribution is 0.139. The first-order valence-electron chi connectivity index (χ1n) is 5.30. The predicted molar refractivity (Wildman–Crippen MR) is 63.8 cm³/mol. The van der Waals surface area contributed by atoms with E-state index in [2.05, 4.69) is 0 Å². The van der Waals surface area contributed by atoms with Gasteiger partial charge in [0.2, 0.25) is 0 Å². The van der Waals surface area contributed by atoms with Gasteiger partial charge in [0.1, 0.15) is 0 Å². The van der Waals surface area contributed by atoms with Crippen LogP contribution in [0, 0.1) is 0 Å². The van der Waals surface area contributed by atoms with Gasteiger partial charge in [-0.25, -0.2) is 0 Å². The highest BCUT2D eigenvalue weighted by Gasteiger charge is 2.25. The fourth-order valence-corrected chi connectivity index (χ4v) is 2.94. The van der Waals surface area contributed by atoms with Crippen molar-refractivity contribution in [3.8, 4) is 0 Å². The molecule has 0 fully saturated rings. The van der Waals surface area contributed by atoms with Crippen LogP contribution in [-0.4, -0.2) is 14.0 Å². The van der Waals surface area contributed by atoms with Crippen LogP contribution in [0.2, 0.25) is 0 Å². The van der Waals surface area contributed by atoms with Crippen LogP contribution < -0.4 is 0 Å². The molecular formula is C12H18O3S.